The summed E-state index contributed by atoms with van der Waals surface area (Å²) in [6.07, 6.45) is 0. The molecule has 96 valence electrons. The molecule has 0 radical (unpaired) electrons. The monoisotopic (exact) mass is 264 g/mol. The molecular weight excluding hydrogens is 257 g/mol. The Labute approximate surface area is 105 Å². The maximum absolute atomic E-state index is 13.7. The van der Waals surface area contributed by atoms with Gasteiger partial charge in [-0.2, -0.15) is 0 Å². The molecule has 0 aliphatic carbocycles. The molecule has 3 rings (SSSR count). The molecule has 0 atom stereocenters. The number of phenolic OH excluding ortho intramolecular Hbond substituents is 1. The van der Waals surface area contributed by atoms with Crippen molar-refractivity contribution in [1.82, 2.24) is 9.97 Å². The van der Waals surface area contributed by atoms with Gasteiger partial charge >= 0.3 is 0 Å². The van der Waals surface area contributed by atoms with E-state index in [2.05, 4.69) is 9.97 Å². The normalized spacial score (nSPS) is 11.1. The van der Waals surface area contributed by atoms with Crippen molar-refractivity contribution in [2.75, 3.05) is 0 Å². The van der Waals surface area contributed by atoms with Crippen molar-refractivity contribution in [3.05, 3.63) is 47.8 Å². The fourth-order valence-corrected chi connectivity index (χ4v) is 1.87. The predicted octanol–water partition coefficient (Wildman–Crippen LogP) is 3.35. The number of halogens is 3. The first kappa shape index (κ1) is 11.6. The van der Waals surface area contributed by atoms with E-state index in [1.165, 1.54) is 12.1 Å². The Morgan fingerprint density at radius 2 is 1.74 bits per heavy atom. The van der Waals surface area contributed by atoms with Crippen molar-refractivity contribution in [2.45, 2.75) is 0 Å². The highest BCUT2D eigenvalue weighted by molar-refractivity contribution is 5.80. The molecule has 0 saturated heterocycles. The first-order valence-corrected chi connectivity index (χ1v) is 5.39. The third-order valence-corrected chi connectivity index (χ3v) is 2.75. The Hall–Kier alpha value is -2.50. The fourth-order valence-electron chi connectivity index (χ4n) is 1.87. The molecule has 0 aliphatic heterocycles. The van der Waals surface area contributed by atoms with Crippen LogP contribution in [0.5, 0.6) is 5.75 Å². The SMILES string of the molecule is Oc1cccc(F)c1-c1nc2cc(F)c(F)cc2[nH]1. The molecule has 2 aromatic carbocycles. The van der Waals surface area contributed by atoms with Gasteiger partial charge in [-0.05, 0) is 12.1 Å². The molecule has 19 heavy (non-hydrogen) atoms. The fraction of sp³-hybridized carbons (Fsp3) is 0. The van der Waals surface area contributed by atoms with Crippen molar-refractivity contribution in [2.24, 2.45) is 0 Å². The molecule has 0 bridgehead atoms. The lowest BCUT2D eigenvalue weighted by molar-refractivity contribution is 0.471. The van der Waals surface area contributed by atoms with Crippen LogP contribution in [-0.4, -0.2) is 15.1 Å². The highest BCUT2D eigenvalue weighted by atomic mass is 19.2. The summed E-state index contributed by atoms with van der Waals surface area (Å²) < 4.78 is 39.8. The van der Waals surface area contributed by atoms with E-state index < -0.39 is 17.5 Å². The molecule has 0 amide bonds. The molecule has 0 aliphatic rings. The van der Waals surface area contributed by atoms with E-state index in [1.807, 2.05) is 0 Å². The number of fused-ring (bicyclic) bond motifs is 1. The number of aromatic amines is 1. The van der Waals surface area contributed by atoms with Crippen molar-refractivity contribution in [3.63, 3.8) is 0 Å². The number of hydrogen-bond acceptors (Lipinski definition) is 2. The molecule has 1 heterocycles. The summed E-state index contributed by atoms with van der Waals surface area (Å²) in [6.45, 7) is 0. The second-order valence-electron chi connectivity index (χ2n) is 4.00. The molecular formula is C13H7F3N2O. The van der Waals surface area contributed by atoms with Gasteiger partial charge in [0.25, 0.3) is 0 Å². The predicted molar refractivity (Wildman–Crippen MR) is 63.1 cm³/mol. The van der Waals surface area contributed by atoms with Crippen LogP contribution in [0.1, 0.15) is 0 Å². The number of H-pyrrole nitrogens is 1. The van der Waals surface area contributed by atoms with Crippen LogP contribution in [0.4, 0.5) is 13.2 Å². The third kappa shape index (κ3) is 1.81. The Morgan fingerprint density at radius 3 is 2.47 bits per heavy atom. The molecule has 0 unspecified atom stereocenters. The smallest absolute Gasteiger partial charge is 0.161 e. The quantitative estimate of drug-likeness (QED) is 0.708. The van der Waals surface area contributed by atoms with Gasteiger partial charge in [-0.3, -0.25) is 0 Å². The van der Waals surface area contributed by atoms with Crippen LogP contribution in [0, 0.1) is 17.5 Å². The van der Waals surface area contributed by atoms with Gasteiger partial charge in [0.2, 0.25) is 0 Å². The lowest BCUT2D eigenvalue weighted by Crippen LogP contribution is -1.86. The zero-order valence-corrected chi connectivity index (χ0v) is 9.42. The first-order valence-electron chi connectivity index (χ1n) is 5.39. The minimum atomic E-state index is -1.04. The summed E-state index contributed by atoms with van der Waals surface area (Å²) >= 11 is 0. The van der Waals surface area contributed by atoms with Gasteiger partial charge in [0.05, 0.1) is 16.6 Å². The number of nitrogens with zero attached hydrogens (tertiary/aromatic N) is 1. The average molecular weight is 264 g/mol. The second-order valence-corrected chi connectivity index (χ2v) is 4.00. The number of phenols is 1. The van der Waals surface area contributed by atoms with Gasteiger partial charge in [-0.25, -0.2) is 18.2 Å². The maximum atomic E-state index is 13.7. The lowest BCUT2D eigenvalue weighted by atomic mass is 10.2. The molecule has 0 spiro atoms. The summed E-state index contributed by atoms with van der Waals surface area (Å²) in [5, 5.41) is 9.63. The summed E-state index contributed by atoms with van der Waals surface area (Å²) in [5.74, 6) is -3.04. The van der Waals surface area contributed by atoms with Crippen LogP contribution in [0.25, 0.3) is 22.4 Å². The number of rotatable bonds is 1. The number of hydrogen-bond donors (Lipinski definition) is 2. The molecule has 2 N–H and O–H groups in total. The third-order valence-electron chi connectivity index (χ3n) is 2.75. The van der Waals surface area contributed by atoms with Gasteiger partial charge in [0.15, 0.2) is 11.6 Å². The number of aromatic nitrogens is 2. The zero-order valence-electron chi connectivity index (χ0n) is 9.42. The number of imidazole rings is 1. The van der Waals surface area contributed by atoms with E-state index in [0.717, 1.165) is 18.2 Å². The number of nitrogens with one attached hydrogen (secondary N) is 1. The van der Waals surface area contributed by atoms with Gasteiger partial charge in [0.1, 0.15) is 17.4 Å². The zero-order chi connectivity index (χ0) is 13.6. The largest absolute Gasteiger partial charge is 0.507 e. The van der Waals surface area contributed by atoms with Crippen molar-refractivity contribution in [1.29, 1.82) is 0 Å². The molecule has 6 heteroatoms. The summed E-state index contributed by atoms with van der Waals surface area (Å²) in [7, 11) is 0. The summed E-state index contributed by atoms with van der Waals surface area (Å²) in [4.78, 5) is 6.59. The summed E-state index contributed by atoms with van der Waals surface area (Å²) in [5.41, 5.74) is 0.229. The number of aromatic hydroxyl groups is 1. The van der Waals surface area contributed by atoms with E-state index in [9.17, 15) is 18.3 Å². The van der Waals surface area contributed by atoms with Crippen LogP contribution in [0.2, 0.25) is 0 Å². The van der Waals surface area contributed by atoms with Crippen molar-refractivity contribution < 1.29 is 18.3 Å². The van der Waals surface area contributed by atoms with Crippen LogP contribution >= 0.6 is 0 Å². The molecule has 1 aromatic heterocycles. The molecule has 0 fully saturated rings. The van der Waals surface area contributed by atoms with Crippen molar-refractivity contribution in [3.8, 4) is 17.1 Å². The topological polar surface area (TPSA) is 48.9 Å². The first-order chi connectivity index (χ1) is 9.06. The standard InChI is InChI=1S/C13H7F3N2O/c14-6-2-1-3-11(19)12(6)13-17-9-4-7(15)8(16)5-10(9)18-13/h1-5,19H,(H,17,18). The minimum Gasteiger partial charge on any atom is -0.507 e. The van der Waals surface area contributed by atoms with E-state index in [-0.39, 0.29) is 28.2 Å². The maximum Gasteiger partial charge on any atom is 0.161 e. The molecule has 3 nitrogen and oxygen atoms in total. The van der Waals surface area contributed by atoms with Gasteiger partial charge in [0, 0.05) is 12.1 Å². The van der Waals surface area contributed by atoms with Gasteiger partial charge in [-0.15, -0.1) is 0 Å². The average Bonchev–Trinajstić information content (AvgIpc) is 2.72. The molecule has 3 aromatic rings. The Bertz CT molecular complexity index is 724. The second kappa shape index (κ2) is 4.01. The van der Waals surface area contributed by atoms with Crippen LogP contribution < -0.4 is 0 Å². The van der Waals surface area contributed by atoms with Gasteiger partial charge in [-0.1, -0.05) is 6.07 Å². The van der Waals surface area contributed by atoms with Crippen LogP contribution in [-0.2, 0) is 0 Å². The Balaban J connectivity index is 2.26. The van der Waals surface area contributed by atoms with E-state index in [0.29, 0.717) is 0 Å². The van der Waals surface area contributed by atoms with Gasteiger partial charge < -0.3 is 10.1 Å². The van der Waals surface area contributed by atoms with E-state index in [4.69, 9.17) is 0 Å². The Morgan fingerprint density at radius 1 is 1.00 bits per heavy atom. The van der Waals surface area contributed by atoms with Crippen molar-refractivity contribution >= 4 is 11.0 Å². The highest BCUT2D eigenvalue weighted by Crippen LogP contribution is 2.31. The minimum absolute atomic E-state index is 0.00981. The number of benzene rings is 2. The van der Waals surface area contributed by atoms with E-state index >= 15 is 0 Å². The summed E-state index contributed by atoms with van der Waals surface area (Å²) in [6, 6.07) is 5.63. The van der Waals surface area contributed by atoms with Crippen LogP contribution in [0.3, 0.4) is 0 Å². The molecule has 0 saturated carbocycles. The van der Waals surface area contributed by atoms with E-state index in [1.54, 1.807) is 0 Å². The van der Waals surface area contributed by atoms with Crippen LogP contribution in [0.15, 0.2) is 30.3 Å². The Kier molecular flexibility index (Phi) is 2.45. The lowest BCUT2D eigenvalue weighted by Gasteiger charge is -2.01. The highest BCUT2D eigenvalue weighted by Gasteiger charge is 2.15.